The summed E-state index contributed by atoms with van der Waals surface area (Å²) in [6, 6.07) is 0. The summed E-state index contributed by atoms with van der Waals surface area (Å²) in [5.41, 5.74) is -1.11. The van der Waals surface area contributed by atoms with Gasteiger partial charge in [0.15, 0.2) is 0 Å². The average Bonchev–Trinajstić information content (AvgIpc) is 2.52. The number of nitrogens with zero attached hydrogens (tertiary/aromatic N) is 1. The van der Waals surface area contributed by atoms with Gasteiger partial charge in [0, 0.05) is 7.05 Å². The number of hydrogen-bond acceptors (Lipinski definition) is 2. The number of rotatable bonds is 0. The van der Waals surface area contributed by atoms with Gasteiger partial charge in [0.2, 0.25) is 11.8 Å². The van der Waals surface area contributed by atoms with Crippen molar-refractivity contribution in [2.45, 2.75) is 41.5 Å². The smallest absolute Gasteiger partial charge is 0.236 e. The summed E-state index contributed by atoms with van der Waals surface area (Å²) in [7, 11) is 1.57. The Balaban J connectivity index is 0.000000531. The van der Waals surface area contributed by atoms with Crippen molar-refractivity contribution in [3.05, 3.63) is 0 Å². The number of fused-ring (bicyclic) bond motifs is 1. The second kappa shape index (κ2) is 2.83. The lowest BCUT2D eigenvalue weighted by atomic mass is 9.96. The van der Waals surface area contributed by atoms with E-state index in [9.17, 15) is 9.59 Å². The van der Waals surface area contributed by atoms with E-state index in [0.717, 1.165) is 0 Å². The maximum absolute atomic E-state index is 11.8. The van der Waals surface area contributed by atoms with Crippen LogP contribution in [0.2, 0.25) is 0 Å². The number of imide groups is 1. The molecule has 2 rings (SSSR count). The maximum Gasteiger partial charge on any atom is 0.236 e. The fraction of sp³-hybridized carbons (Fsp3) is 0.833. The zero-order valence-corrected chi connectivity index (χ0v) is 10.8. The lowest BCUT2D eigenvalue weighted by Gasteiger charge is -2.20. The molecule has 0 radical (unpaired) electrons. The van der Waals surface area contributed by atoms with Crippen LogP contribution in [0.1, 0.15) is 41.5 Å². The Hall–Kier alpha value is -0.860. The van der Waals surface area contributed by atoms with Gasteiger partial charge in [-0.15, -0.1) is 0 Å². The average molecular weight is 211 g/mol. The standard InChI is InChI=1S/C10H15NO2.C2H6/c1-8(2)9(3)6(12)11(5)7(13)10(8,9)4;1-2/h1-5H3;1-2H3. The van der Waals surface area contributed by atoms with Crippen molar-refractivity contribution in [1.82, 2.24) is 4.90 Å². The molecule has 0 aromatic carbocycles. The highest BCUT2D eigenvalue weighted by molar-refractivity contribution is 6.15. The van der Waals surface area contributed by atoms with Gasteiger partial charge in [0.25, 0.3) is 0 Å². The summed E-state index contributed by atoms with van der Waals surface area (Å²) in [4.78, 5) is 24.9. The second-order valence-corrected chi connectivity index (χ2v) is 5.04. The Morgan fingerprint density at radius 2 is 1.13 bits per heavy atom. The molecule has 2 amide bonds. The molecule has 1 heterocycles. The molecule has 2 unspecified atom stereocenters. The molecule has 0 spiro atoms. The van der Waals surface area contributed by atoms with Crippen molar-refractivity contribution in [2.24, 2.45) is 16.2 Å². The SMILES string of the molecule is CC.CN1C(=O)C2(C)C(C)(C)C2(C)C1=O. The Morgan fingerprint density at radius 3 is 1.33 bits per heavy atom. The molecule has 15 heavy (non-hydrogen) atoms. The molecular weight excluding hydrogens is 190 g/mol. The largest absolute Gasteiger partial charge is 0.285 e. The van der Waals surface area contributed by atoms with Crippen molar-refractivity contribution >= 4 is 11.8 Å². The monoisotopic (exact) mass is 211 g/mol. The van der Waals surface area contributed by atoms with Crippen LogP contribution in [0.4, 0.5) is 0 Å². The van der Waals surface area contributed by atoms with Gasteiger partial charge in [-0.25, -0.2) is 0 Å². The van der Waals surface area contributed by atoms with Crippen LogP contribution in [0.3, 0.4) is 0 Å². The van der Waals surface area contributed by atoms with Crippen molar-refractivity contribution in [2.75, 3.05) is 7.05 Å². The molecule has 0 N–H and O–H groups in total. The van der Waals surface area contributed by atoms with E-state index in [2.05, 4.69) is 0 Å². The molecule has 0 aromatic rings. The van der Waals surface area contributed by atoms with Crippen LogP contribution < -0.4 is 0 Å². The third-order valence-corrected chi connectivity index (χ3v) is 4.90. The summed E-state index contributed by atoms with van der Waals surface area (Å²) in [6.07, 6.45) is 0. The first-order valence-electron chi connectivity index (χ1n) is 5.55. The topological polar surface area (TPSA) is 37.4 Å². The molecule has 2 fully saturated rings. The Morgan fingerprint density at radius 1 is 0.867 bits per heavy atom. The van der Waals surface area contributed by atoms with E-state index in [1.165, 1.54) is 4.90 Å². The summed E-state index contributed by atoms with van der Waals surface area (Å²) in [5, 5.41) is 0. The first-order chi connectivity index (χ1) is 6.73. The second-order valence-electron chi connectivity index (χ2n) is 5.04. The van der Waals surface area contributed by atoms with E-state index in [-0.39, 0.29) is 17.2 Å². The minimum Gasteiger partial charge on any atom is -0.285 e. The first kappa shape index (κ1) is 12.2. The molecule has 86 valence electrons. The van der Waals surface area contributed by atoms with Crippen LogP contribution >= 0.6 is 0 Å². The molecule has 0 aromatic heterocycles. The molecule has 1 aliphatic heterocycles. The zero-order chi connectivity index (χ0) is 12.2. The van der Waals surface area contributed by atoms with Gasteiger partial charge < -0.3 is 0 Å². The van der Waals surface area contributed by atoms with Crippen molar-refractivity contribution in [1.29, 1.82) is 0 Å². The molecule has 1 aliphatic carbocycles. The van der Waals surface area contributed by atoms with Crippen LogP contribution in [0.5, 0.6) is 0 Å². The van der Waals surface area contributed by atoms with Crippen LogP contribution in [0.25, 0.3) is 0 Å². The van der Waals surface area contributed by atoms with Crippen molar-refractivity contribution in [3.8, 4) is 0 Å². The summed E-state index contributed by atoms with van der Waals surface area (Å²) >= 11 is 0. The molecule has 2 aliphatic rings. The van der Waals surface area contributed by atoms with Crippen LogP contribution in [0.15, 0.2) is 0 Å². The number of amides is 2. The Labute approximate surface area is 91.8 Å². The van der Waals surface area contributed by atoms with E-state index in [1.807, 2.05) is 41.5 Å². The van der Waals surface area contributed by atoms with Gasteiger partial charge in [-0.05, 0) is 19.3 Å². The summed E-state index contributed by atoms with van der Waals surface area (Å²) in [5.74, 6) is -0.0463. The van der Waals surface area contributed by atoms with Crippen molar-refractivity contribution in [3.63, 3.8) is 0 Å². The van der Waals surface area contributed by atoms with Crippen LogP contribution in [0, 0.1) is 16.2 Å². The molecule has 3 nitrogen and oxygen atoms in total. The summed E-state index contributed by atoms with van der Waals surface area (Å²) in [6.45, 7) is 11.8. The van der Waals surface area contributed by atoms with Gasteiger partial charge in [0.1, 0.15) is 0 Å². The third kappa shape index (κ3) is 0.837. The lowest BCUT2D eigenvalue weighted by molar-refractivity contribution is -0.144. The van der Waals surface area contributed by atoms with E-state index in [0.29, 0.717) is 0 Å². The van der Waals surface area contributed by atoms with Crippen LogP contribution in [-0.2, 0) is 9.59 Å². The number of likely N-dealkylation sites (tertiary alicyclic amines) is 1. The third-order valence-electron chi connectivity index (χ3n) is 4.90. The van der Waals surface area contributed by atoms with Gasteiger partial charge in [-0.2, -0.15) is 0 Å². The maximum atomic E-state index is 11.8. The predicted molar refractivity (Wildman–Crippen MR) is 59.1 cm³/mol. The zero-order valence-electron chi connectivity index (χ0n) is 10.8. The van der Waals surface area contributed by atoms with Crippen LogP contribution in [-0.4, -0.2) is 23.8 Å². The fourth-order valence-corrected chi connectivity index (χ4v) is 3.07. The molecular formula is C12H21NO2. The first-order valence-corrected chi connectivity index (χ1v) is 5.55. The molecule has 1 saturated carbocycles. The van der Waals surface area contributed by atoms with Gasteiger partial charge in [0.05, 0.1) is 10.8 Å². The summed E-state index contributed by atoms with van der Waals surface area (Å²) < 4.78 is 0. The molecule has 1 saturated heterocycles. The number of piperidine rings is 1. The quantitative estimate of drug-likeness (QED) is 0.575. The molecule has 3 heteroatoms. The lowest BCUT2D eigenvalue weighted by Crippen LogP contribution is -2.36. The highest BCUT2D eigenvalue weighted by Crippen LogP contribution is 2.81. The number of hydrogen-bond donors (Lipinski definition) is 0. The number of carbonyl (C=O) groups excluding carboxylic acids is 2. The molecule has 2 atom stereocenters. The van der Waals surface area contributed by atoms with E-state index < -0.39 is 10.8 Å². The van der Waals surface area contributed by atoms with E-state index in [1.54, 1.807) is 7.05 Å². The normalized spacial score (nSPS) is 40.9. The minimum absolute atomic E-state index is 0.0231. The van der Waals surface area contributed by atoms with E-state index in [4.69, 9.17) is 0 Å². The van der Waals surface area contributed by atoms with E-state index >= 15 is 0 Å². The van der Waals surface area contributed by atoms with Crippen molar-refractivity contribution < 1.29 is 9.59 Å². The highest BCUT2D eigenvalue weighted by atomic mass is 16.2. The molecule has 0 bridgehead atoms. The highest BCUT2D eigenvalue weighted by Gasteiger charge is 2.89. The Kier molecular flexibility index (Phi) is 2.31. The predicted octanol–water partition coefficient (Wildman–Crippen LogP) is 2.06. The minimum atomic E-state index is -0.466. The number of carbonyl (C=O) groups is 2. The Bertz CT molecular complexity index is 305. The van der Waals surface area contributed by atoms with Gasteiger partial charge in [-0.3, -0.25) is 14.5 Å². The fourth-order valence-electron chi connectivity index (χ4n) is 3.07. The van der Waals surface area contributed by atoms with Gasteiger partial charge in [-0.1, -0.05) is 27.7 Å². The van der Waals surface area contributed by atoms with Gasteiger partial charge >= 0.3 is 0 Å².